The van der Waals surface area contributed by atoms with Crippen LogP contribution in [0.25, 0.3) is 16.9 Å². The maximum Gasteiger partial charge on any atom is 0.511 e. The Morgan fingerprint density at radius 1 is 1.11 bits per heavy atom. The number of alkyl halides is 3. The molecule has 256 valence electrons. The van der Waals surface area contributed by atoms with E-state index in [-0.39, 0.29) is 21.2 Å². The van der Waals surface area contributed by atoms with Crippen molar-refractivity contribution in [3.8, 4) is 16.9 Å². The van der Waals surface area contributed by atoms with Gasteiger partial charge in [0, 0.05) is 5.56 Å². The van der Waals surface area contributed by atoms with Gasteiger partial charge in [0.1, 0.15) is 0 Å². The van der Waals surface area contributed by atoms with Gasteiger partial charge in [-0.15, -0.1) is 5.01 Å². The van der Waals surface area contributed by atoms with Gasteiger partial charge in [-0.3, -0.25) is 4.79 Å². The zero-order valence-corrected chi connectivity index (χ0v) is 27.2. The van der Waals surface area contributed by atoms with Crippen molar-refractivity contribution >= 4 is 22.1 Å². The molecule has 2 aromatic carbocycles. The zero-order chi connectivity index (χ0) is 35.1. The van der Waals surface area contributed by atoms with Crippen LogP contribution in [-0.4, -0.2) is 66.2 Å². The van der Waals surface area contributed by atoms with Crippen molar-refractivity contribution in [1.29, 1.82) is 0 Å². The van der Waals surface area contributed by atoms with Crippen LogP contribution < -0.4 is 4.72 Å². The second-order valence-electron chi connectivity index (χ2n) is 10.7. The van der Waals surface area contributed by atoms with E-state index in [2.05, 4.69) is 20.0 Å². The van der Waals surface area contributed by atoms with E-state index in [1.54, 1.807) is 52.0 Å². The Labute approximate surface area is 269 Å². The van der Waals surface area contributed by atoms with Crippen molar-refractivity contribution in [3.63, 3.8) is 0 Å². The van der Waals surface area contributed by atoms with Crippen molar-refractivity contribution in [2.24, 2.45) is 11.2 Å². The fourth-order valence-corrected chi connectivity index (χ4v) is 5.22. The number of ether oxygens (including phenoxy) is 2. The van der Waals surface area contributed by atoms with Gasteiger partial charge in [-0.1, -0.05) is 50.1 Å². The van der Waals surface area contributed by atoms with Gasteiger partial charge in [-0.25, -0.2) is 22.6 Å². The van der Waals surface area contributed by atoms with E-state index >= 15 is 0 Å². The fourth-order valence-electron chi connectivity index (χ4n) is 4.22. The number of hydrogen-bond acceptors (Lipinski definition) is 10. The van der Waals surface area contributed by atoms with Crippen LogP contribution in [0.3, 0.4) is 0 Å². The number of carbonyl (C=O) groups is 2. The van der Waals surface area contributed by atoms with Gasteiger partial charge in [0.25, 0.3) is 22.7 Å². The molecule has 0 fully saturated rings. The standard InChI is InChI=1S/C29H35F3N6O8S/c1-7-20(5)26(36(6)38(41)35-45-17-44-28(40)46-18(2)3)27(39)34-47(42,43)23-14-12-22(13-15-23)37-24(16-25(33-37)29(30,31)32)21-10-8-19(4)9-11-21/h8-16,18,20,26H,7,17H2,1-6H3,(H,34,39)/b38-35-/t20-,26+/m1/s1. The highest BCUT2D eigenvalue weighted by atomic mass is 32.2. The summed E-state index contributed by atoms with van der Waals surface area (Å²) in [5, 5.41) is 20.2. The van der Waals surface area contributed by atoms with Crippen LogP contribution in [-0.2, 0) is 35.3 Å². The molecule has 0 aliphatic heterocycles. The summed E-state index contributed by atoms with van der Waals surface area (Å²) in [5.41, 5.74) is 0.467. The molecule has 0 saturated carbocycles. The van der Waals surface area contributed by atoms with E-state index < -0.39 is 58.8 Å². The summed E-state index contributed by atoms with van der Waals surface area (Å²) < 4.78 is 79.3. The molecule has 0 spiro atoms. The van der Waals surface area contributed by atoms with Crippen LogP contribution in [0, 0.1) is 18.0 Å². The number of sulfonamides is 1. The Morgan fingerprint density at radius 3 is 2.28 bits per heavy atom. The normalized spacial score (nSPS) is 13.5. The Bertz CT molecular complexity index is 1680. The first-order valence-corrected chi connectivity index (χ1v) is 15.7. The first kappa shape index (κ1) is 36.6. The average molecular weight is 685 g/mol. The summed E-state index contributed by atoms with van der Waals surface area (Å²) >= 11 is 0. The van der Waals surface area contributed by atoms with Crippen molar-refractivity contribution in [2.75, 3.05) is 13.8 Å². The highest BCUT2D eigenvalue weighted by Crippen LogP contribution is 2.33. The van der Waals surface area contributed by atoms with Crippen LogP contribution in [0.5, 0.6) is 0 Å². The Morgan fingerprint density at radius 2 is 1.72 bits per heavy atom. The van der Waals surface area contributed by atoms with E-state index in [9.17, 15) is 36.4 Å². The third-order valence-electron chi connectivity index (χ3n) is 6.79. The third kappa shape index (κ3) is 9.57. The van der Waals surface area contributed by atoms with Gasteiger partial charge in [0.05, 0.1) is 34.4 Å². The fraction of sp³-hybridized carbons (Fsp3) is 0.414. The van der Waals surface area contributed by atoms with Gasteiger partial charge in [-0.2, -0.15) is 18.3 Å². The summed E-state index contributed by atoms with van der Waals surface area (Å²) in [6.45, 7) is 7.56. The van der Waals surface area contributed by atoms with Gasteiger partial charge in [0.15, 0.2) is 11.7 Å². The number of benzene rings is 2. The number of halogens is 3. The van der Waals surface area contributed by atoms with E-state index in [0.717, 1.165) is 33.5 Å². The summed E-state index contributed by atoms with van der Waals surface area (Å²) in [6, 6.07) is 11.0. The highest BCUT2D eigenvalue weighted by molar-refractivity contribution is 7.90. The van der Waals surface area contributed by atoms with Crippen LogP contribution in [0.2, 0.25) is 0 Å². The molecule has 1 N–H and O–H groups in total. The quantitative estimate of drug-likeness (QED) is 0.0619. The lowest BCUT2D eigenvalue weighted by atomic mass is 9.98. The number of aromatic nitrogens is 2. The highest BCUT2D eigenvalue weighted by Gasteiger charge is 2.37. The number of nitrogens with zero attached hydrogens (tertiary/aromatic N) is 5. The first-order chi connectivity index (χ1) is 21.9. The van der Waals surface area contributed by atoms with E-state index in [1.165, 1.54) is 19.2 Å². The number of likely N-dealkylation sites (N-methyl/N-ethyl adjacent to an activating group) is 1. The lowest BCUT2D eigenvalue weighted by Crippen LogP contribution is -2.52. The molecular weight excluding hydrogens is 649 g/mol. The Kier molecular flexibility index (Phi) is 11.8. The van der Waals surface area contributed by atoms with Crippen molar-refractivity contribution < 1.29 is 50.5 Å². The third-order valence-corrected chi connectivity index (χ3v) is 8.15. The second kappa shape index (κ2) is 15.1. The topological polar surface area (TPSA) is 167 Å². The van der Waals surface area contributed by atoms with Crippen molar-refractivity contribution in [2.45, 2.75) is 64.3 Å². The van der Waals surface area contributed by atoms with Gasteiger partial charge in [0.2, 0.25) is 5.28 Å². The number of hydrazine groups is 1. The minimum atomic E-state index is -4.73. The molecule has 1 aromatic heterocycles. The van der Waals surface area contributed by atoms with Crippen LogP contribution in [0.1, 0.15) is 45.4 Å². The predicted molar refractivity (Wildman–Crippen MR) is 160 cm³/mol. The predicted octanol–water partition coefficient (Wildman–Crippen LogP) is 5.35. The SMILES string of the molecule is CC[C@@H](C)[C@@H](C(=O)NS(=O)(=O)c1ccc(-n2nc(C(F)(F)F)cc2-c2ccc(C)cc2)cc1)N(C)/[N+]([O-])=N/OCOC(=O)OC(C)C. The molecule has 47 heavy (non-hydrogen) atoms. The van der Waals surface area contributed by atoms with E-state index in [1.807, 2.05) is 11.6 Å². The molecule has 0 aliphatic carbocycles. The molecular formula is C29H35F3N6O8S. The second-order valence-corrected chi connectivity index (χ2v) is 12.4. The summed E-state index contributed by atoms with van der Waals surface area (Å²) in [4.78, 5) is 28.8. The average Bonchev–Trinajstić information content (AvgIpc) is 3.45. The van der Waals surface area contributed by atoms with Gasteiger partial charge < -0.3 is 19.5 Å². The molecule has 0 saturated heterocycles. The summed E-state index contributed by atoms with van der Waals surface area (Å²) in [5.74, 6) is -1.63. The van der Waals surface area contributed by atoms with E-state index in [0.29, 0.717) is 12.0 Å². The van der Waals surface area contributed by atoms with Gasteiger partial charge >= 0.3 is 12.3 Å². The number of carbonyl (C=O) groups excluding carboxylic acids is 2. The molecule has 3 aromatic rings. The Balaban J connectivity index is 1.81. The molecule has 1 amide bonds. The van der Waals surface area contributed by atoms with Crippen LogP contribution in [0.4, 0.5) is 18.0 Å². The first-order valence-electron chi connectivity index (χ1n) is 14.2. The van der Waals surface area contributed by atoms with E-state index in [4.69, 9.17) is 4.74 Å². The lowest BCUT2D eigenvalue weighted by molar-refractivity contribution is -0.712. The number of rotatable bonds is 13. The molecule has 0 radical (unpaired) electrons. The molecule has 18 heteroatoms. The van der Waals surface area contributed by atoms with Crippen molar-refractivity contribution in [3.05, 3.63) is 71.1 Å². The monoisotopic (exact) mass is 684 g/mol. The van der Waals surface area contributed by atoms with Crippen LogP contribution in [0.15, 0.2) is 64.8 Å². The maximum absolute atomic E-state index is 13.6. The largest absolute Gasteiger partial charge is 0.569 e. The number of hydrogen-bond donors (Lipinski definition) is 1. The van der Waals surface area contributed by atoms with Crippen molar-refractivity contribution in [1.82, 2.24) is 19.5 Å². The molecule has 0 unspecified atom stereocenters. The number of aryl methyl sites for hydroxylation is 1. The molecule has 1 heterocycles. The zero-order valence-electron chi connectivity index (χ0n) is 26.4. The van der Waals surface area contributed by atoms with Crippen LogP contribution >= 0.6 is 0 Å². The molecule has 2 atom stereocenters. The Hall–Kier alpha value is -4.87. The summed E-state index contributed by atoms with van der Waals surface area (Å²) in [7, 11) is -3.34. The number of amides is 1. The molecule has 0 bridgehead atoms. The summed E-state index contributed by atoms with van der Waals surface area (Å²) in [6.07, 6.45) is -5.89. The molecule has 0 aliphatic rings. The molecule has 3 rings (SSSR count). The number of nitrogens with one attached hydrogen (secondary N) is 1. The lowest BCUT2D eigenvalue weighted by Gasteiger charge is -2.27. The maximum atomic E-state index is 13.6. The molecule has 14 nitrogen and oxygen atoms in total. The minimum Gasteiger partial charge on any atom is -0.569 e. The minimum absolute atomic E-state index is 0.111. The smallest absolute Gasteiger partial charge is 0.511 e. The van der Waals surface area contributed by atoms with Gasteiger partial charge in [-0.05, 0) is 57.0 Å².